The number of hydrogen-bond acceptors (Lipinski definition) is 3. The van der Waals surface area contributed by atoms with Crippen LogP contribution in [-0.2, 0) is 6.42 Å². The third-order valence-corrected chi connectivity index (χ3v) is 3.69. The van der Waals surface area contributed by atoms with Gasteiger partial charge in [-0.25, -0.2) is 0 Å². The lowest BCUT2D eigenvalue weighted by molar-refractivity contribution is 0.174. The Morgan fingerprint density at radius 2 is 2.43 bits per heavy atom. The first-order valence-corrected chi connectivity index (χ1v) is 5.87. The van der Waals surface area contributed by atoms with Gasteiger partial charge in [0.1, 0.15) is 5.76 Å². The molecule has 2 nitrogen and oxygen atoms in total. The highest BCUT2D eigenvalue weighted by molar-refractivity contribution is 9.10. The second kappa shape index (κ2) is 4.29. The van der Waals surface area contributed by atoms with Crippen LogP contribution in [0.5, 0.6) is 0 Å². The minimum absolute atomic E-state index is 0.475. The molecular formula is C10H9BrO2S. The van der Waals surface area contributed by atoms with E-state index in [1.165, 1.54) is 0 Å². The average Bonchev–Trinajstić information content (AvgIpc) is 2.75. The SMILES string of the molecule is OC(Cc1ccco1)c1cc(Br)cs1. The minimum Gasteiger partial charge on any atom is -0.469 e. The van der Waals surface area contributed by atoms with Gasteiger partial charge in [-0.3, -0.25) is 0 Å². The molecule has 0 spiro atoms. The van der Waals surface area contributed by atoms with Crippen molar-refractivity contribution in [2.45, 2.75) is 12.5 Å². The summed E-state index contributed by atoms with van der Waals surface area (Å²) in [5.41, 5.74) is 0. The Labute approximate surface area is 94.3 Å². The van der Waals surface area contributed by atoms with E-state index >= 15 is 0 Å². The van der Waals surface area contributed by atoms with Gasteiger partial charge >= 0.3 is 0 Å². The summed E-state index contributed by atoms with van der Waals surface area (Å²) in [7, 11) is 0. The molecule has 74 valence electrons. The number of aliphatic hydroxyl groups excluding tert-OH is 1. The van der Waals surface area contributed by atoms with E-state index in [4.69, 9.17) is 4.42 Å². The second-order valence-corrected chi connectivity index (χ2v) is 4.83. The average molecular weight is 273 g/mol. The van der Waals surface area contributed by atoms with Crippen molar-refractivity contribution in [3.8, 4) is 0 Å². The number of hydrogen-bond donors (Lipinski definition) is 1. The Kier molecular flexibility index (Phi) is 3.05. The number of furan rings is 1. The van der Waals surface area contributed by atoms with Gasteiger partial charge in [-0.15, -0.1) is 11.3 Å². The summed E-state index contributed by atoms with van der Waals surface area (Å²) < 4.78 is 6.18. The van der Waals surface area contributed by atoms with Gasteiger partial charge in [0.05, 0.1) is 12.4 Å². The number of thiophene rings is 1. The van der Waals surface area contributed by atoms with E-state index in [1.54, 1.807) is 17.6 Å². The first-order chi connectivity index (χ1) is 6.75. The maximum absolute atomic E-state index is 9.84. The Hall–Kier alpha value is -0.580. The Balaban J connectivity index is 2.06. The summed E-state index contributed by atoms with van der Waals surface area (Å²) in [5, 5.41) is 11.8. The minimum atomic E-state index is -0.475. The van der Waals surface area contributed by atoms with E-state index in [1.807, 2.05) is 23.6 Å². The molecule has 0 saturated carbocycles. The van der Waals surface area contributed by atoms with Gasteiger partial charge in [0.25, 0.3) is 0 Å². The highest BCUT2D eigenvalue weighted by Crippen LogP contribution is 2.27. The van der Waals surface area contributed by atoms with Crippen LogP contribution in [-0.4, -0.2) is 5.11 Å². The molecule has 0 aliphatic heterocycles. The summed E-state index contributed by atoms with van der Waals surface area (Å²) >= 11 is 4.90. The predicted octanol–water partition coefficient (Wildman–Crippen LogP) is 3.38. The maximum atomic E-state index is 9.84. The van der Waals surface area contributed by atoms with Crippen LogP contribution in [0.15, 0.2) is 38.7 Å². The van der Waals surface area contributed by atoms with Crippen molar-refractivity contribution in [3.63, 3.8) is 0 Å². The number of aliphatic hydroxyl groups is 1. The number of halogens is 1. The van der Waals surface area contributed by atoms with Crippen molar-refractivity contribution in [1.82, 2.24) is 0 Å². The van der Waals surface area contributed by atoms with E-state index in [0.717, 1.165) is 15.1 Å². The molecule has 2 aromatic heterocycles. The largest absolute Gasteiger partial charge is 0.469 e. The lowest BCUT2D eigenvalue weighted by Crippen LogP contribution is -1.97. The molecule has 0 aromatic carbocycles. The topological polar surface area (TPSA) is 33.4 Å². The smallest absolute Gasteiger partial charge is 0.106 e. The van der Waals surface area contributed by atoms with Crippen LogP contribution in [0.1, 0.15) is 16.7 Å². The highest BCUT2D eigenvalue weighted by atomic mass is 79.9. The van der Waals surface area contributed by atoms with Crippen molar-refractivity contribution in [2.24, 2.45) is 0 Å². The Morgan fingerprint density at radius 3 is 3.00 bits per heavy atom. The van der Waals surface area contributed by atoms with Crippen molar-refractivity contribution in [1.29, 1.82) is 0 Å². The summed E-state index contributed by atoms with van der Waals surface area (Å²) in [5.74, 6) is 0.807. The molecule has 2 aromatic rings. The van der Waals surface area contributed by atoms with Gasteiger partial charge < -0.3 is 9.52 Å². The fourth-order valence-corrected chi connectivity index (χ4v) is 2.65. The molecule has 1 N–H and O–H groups in total. The zero-order valence-electron chi connectivity index (χ0n) is 7.31. The van der Waals surface area contributed by atoms with Crippen molar-refractivity contribution >= 4 is 27.3 Å². The van der Waals surface area contributed by atoms with Gasteiger partial charge in [0.15, 0.2) is 0 Å². The van der Waals surface area contributed by atoms with Gasteiger partial charge in [-0.2, -0.15) is 0 Å². The van der Waals surface area contributed by atoms with Gasteiger partial charge in [-0.1, -0.05) is 0 Å². The van der Waals surface area contributed by atoms with E-state index < -0.39 is 6.10 Å². The van der Waals surface area contributed by atoms with Gasteiger partial charge in [0, 0.05) is 21.2 Å². The van der Waals surface area contributed by atoms with Crippen molar-refractivity contribution < 1.29 is 9.52 Å². The summed E-state index contributed by atoms with van der Waals surface area (Å²) in [6.07, 6.45) is 1.67. The lowest BCUT2D eigenvalue weighted by atomic mass is 10.2. The second-order valence-electron chi connectivity index (χ2n) is 2.97. The fourth-order valence-electron chi connectivity index (χ4n) is 1.22. The van der Waals surface area contributed by atoms with Crippen LogP contribution in [0.2, 0.25) is 0 Å². The first kappa shape index (κ1) is 9.96. The molecular weight excluding hydrogens is 264 g/mol. The van der Waals surface area contributed by atoms with Crippen LogP contribution in [0.4, 0.5) is 0 Å². The molecule has 0 radical (unpaired) electrons. The molecule has 2 rings (SSSR count). The third-order valence-electron chi connectivity index (χ3n) is 1.89. The summed E-state index contributed by atoms with van der Waals surface area (Å²) in [6, 6.07) is 5.62. The monoisotopic (exact) mass is 272 g/mol. The Morgan fingerprint density at radius 1 is 1.57 bits per heavy atom. The molecule has 0 saturated heterocycles. The van der Waals surface area contributed by atoms with E-state index in [0.29, 0.717) is 6.42 Å². The van der Waals surface area contributed by atoms with Crippen molar-refractivity contribution in [3.05, 3.63) is 45.0 Å². The van der Waals surface area contributed by atoms with Crippen LogP contribution in [0, 0.1) is 0 Å². The predicted molar refractivity (Wildman–Crippen MR) is 59.4 cm³/mol. The Bertz CT molecular complexity index is 394. The van der Waals surface area contributed by atoms with Crippen LogP contribution in [0.3, 0.4) is 0 Å². The van der Waals surface area contributed by atoms with Crippen molar-refractivity contribution in [2.75, 3.05) is 0 Å². The third kappa shape index (κ3) is 2.26. The molecule has 0 bridgehead atoms. The molecule has 0 aliphatic carbocycles. The molecule has 1 unspecified atom stereocenters. The zero-order chi connectivity index (χ0) is 9.97. The standard InChI is InChI=1S/C10H9BrO2S/c11-7-4-10(14-6-7)9(12)5-8-2-1-3-13-8/h1-4,6,9,12H,5H2. The molecule has 14 heavy (non-hydrogen) atoms. The first-order valence-electron chi connectivity index (χ1n) is 4.20. The van der Waals surface area contributed by atoms with Crippen LogP contribution >= 0.6 is 27.3 Å². The molecule has 4 heteroatoms. The fraction of sp³-hybridized carbons (Fsp3) is 0.200. The molecule has 0 amide bonds. The normalized spacial score (nSPS) is 13.0. The quantitative estimate of drug-likeness (QED) is 0.930. The van der Waals surface area contributed by atoms with Crippen LogP contribution in [0.25, 0.3) is 0 Å². The highest BCUT2D eigenvalue weighted by Gasteiger charge is 2.12. The molecule has 2 heterocycles. The lowest BCUT2D eigenvalue weighted by Gasteiger charge is -2.04. The molecule has 1 atom stereocenters. The van der Waals surface area contributed by atoms with Crippen LogP contribution < -0.4 is 0 Å². The van der Waals surface area contributed by atoms with E-state index in [2.05, 4.69) is 15.9 Å². The van der Waals surface area contributed by atoms with Gasteiger partial charge in [0.2, 0.25) is 0 Å². The molecule has 0 fully saturated rings. The maximum Gasteiger partial charge on any atom is 0.106 e. The summed E-state index contributed by atoms with van der Waals surface area (Å²) in [4.78, 5) is 0.952. The zero-order valence-corrected chi connectivity index (χ0v) is 9.72. The van der Waals surface area contributed by atoms with E-state index in [9.17, 15) is 5.11 Å². The van der Waals surface area contributed by atoms with Gasteiger partial charge in [-0.05, 0) is 34.1 Å². The number of rotatable bonds is 3. The summed E-state index contributed by atoms with van der Waals surface area (Å²) in [6.45, 7) is 0. The van der Waals surface area contributed by atoms with E-state index in [-0.39, 0.29) is 0 Å². The molecule has 0 aliphatic rings.